The molecule has 1 aliphatic rings. The van der Waals surface area contributed by atoms with E-state index in [2.05, 4.69) is 10.4 Å². The molecule has 0 aromatic carbocycles. The lowest BCUT2D eigenvalue weighted by Crippen LogP contribution is -2.32. The molecule has 0 spiro atoms. The van der Waals surface area contributed by atoms with Crippen LogP contribution in [0.1, 0.15) is 12.8 Å². The number of hydrogen-bond donors (Lipinski definition) is 1. The maximum Gasteiger partial charge on any atom is 0.157 e. The van der Waals surface area contributed by atoms with E-state index in [0.29, 0.717) is 5.92 Å². The predicted molar refractivity (Wildman–Crippen MR) is 61.5 cm³/mol. The lowest BCUT2D eigenvalue weighted by Gasteiger charge is -2.22. The third-order valence-corrected chi connectivity index (χ3v) is 2.57. The molecule has 5 heteroatoms. The zero-order valence-electron chi connectivity index (χ0n) is 8.98. The lowest BCUT2D eigenvalue weighted by atomic mass is 10.0. The average Bonchev–Trinajstić information content (AvgIpc) is 2.63. The summed E-state index contributed by atoms with van der Waals surface area (Å²) in [6.07, 6.45) is 6.20. The Morgan fingerprint density at radius 3 is 3.13 bits per heavy atom. The highest BCUT2D eigenvalue weighted by atomic mass is 35.5. The zero-order chi connectivity index (χ0) is 9.80. The first-order chi connectivity index (χ1) is 6.84. The molecule has 2 heterocycles. The standard InChI is InChI=1S/C10H17N3O.ClH/c1-13-7-10(6-12-13)14-8-9-3-2-4-11-5-9;/h6-7,9,11H,2-5,8H2,1H3;1H. The summed E-state index contributed by atoms with van der Waals surface area (Å²) in [5.74, 6) is 1.53. The van der Waals surface area contributed by atoms with Gasteiger partial charge in [-0.25, -0.2) is 0 Å². The van der Waals surface area contributed by atoms with Gasteiger partial charge in [0.05, 0.1) is 19.0 Å². The van der Waals surface area contributed by atoms with Crippen molar-refractivity contribution in [1.82, 2.24) is 15.1 Å². The Morgan fingerprint density at radius 2 is 2.53 bits per heavy atom. The van der Waals surface area contributed by atoms with Crippen molar-refractivity contribution in [3.63, 3.8) is 0 Å². The molecule has 0 radical (unpaired) electrons. The first-order valence-electron chi connectivity index (χ1n) is 5.17. The summed E-state index contributed by atoms with van der Waals surface area (Å²) in [5.41, 5.74) is 0. The number of nitrogens with zero attached hydrogens (tertiary/aromatic N) is 2. The highest BCUT2D eigenvalue weighted by Crippen LogP contribution is 2.13. The Kier molecular flexibility index (Phi) is 4.91. The summed E-state index contributed by atoms with van der Waals surface area (Å²) < 4.78 is 7.40. The Balaban J connectivity index is 0.00000112. The quantitative estimate of drug-likeness (QED) is 0.851. The van der Waals surface area contributed by atoms with Crippen LogP contribution in [0.4, 0.5) is 0 Å². The van der Waals surface area contributed by atoms with Crippen LogP contribution >= 0.6 is 12.4 Å². The maximum absolute atomic E-state index is 5.64. The first-order valence-corrected chi connectivity index (χ1v) is 5.17. The van der Waals surface area contributed by atoms with E-state index in [4.69, 9.17) is 4.74 Å². The third kappa shape index (κ3) is 3.72. The second-order valence-corrected chi connectivity index (χ2v) is 3.87. The van der Waals surface area contributed by atoms with Crippen molar-refractivity contribution in [2.24, 2.45) is 13.0 Å². The van der Waals surface area contributed by atoms with Gasteiger partial charge in [-0.3, -0.25) is 4.68 Å². The molecule has 0 aliphatic carbocycles. The van der Waals surface area contributed by atoms with Crippen molar-refractivity contribution < 1.29 is 4.74 Å². The summed E-state index contributed by atoms with van der Waals surface area (Å²) in [4.78, 5) is 0. The van der Waals surface area contributed by atoms with Crippen LogP contribution < -0.4 is 10.1 Å². The minimum atomic E-state index is 0. The molecule has 86 valence electrons. The number of aromatic nitrogens is 2. The van der Waals surface area contributed by atoms with Gasteiger partial charge in [0, 0.05) is 19.5 Å². The van der Waals surface area contributed by atoms with Gasteiger partial charge in [-0.2, -0.15) is 5.10 Å². The number of rotatable bonds is 3. The van der Waals surface area contributed by atoms with Crippen LogP contribution in [0.15, 0.2) is 12.4 Å². The molecule has 15 heavy (non-hydrogen) atoms. The maximum atomic E-state index is 5.64. The van der Waals surface area contributed by atoms with E-state index >= 15 is 0 Å². The number of nitrogens with one attached hydrogen (secondary N) is 1. The summed E-state index contributed by atoms with van der Waals surface area (Å²) in [7, 11) is 1.90. The predicted octanol–water partition coefficient (Wildman–Crippen LogP) is 1.22. The van der Waals surface area contributed by atoms with Gasteiger partial charge < -0.3 is 10.1 Å². The topological polar surface area (TPSA) is 39.1 Å². The van der Waals surface area contributed by atoms with Crippen LogP contribution in [0, 0.1) is 5.92 Å². The van der Waals surface area contributed by atoms with Crippen molar-refractivity contribution in [1.29, 1.82) is 0 Å². The molecule has 2 rings (SSSR count). The minimum absolute atomic E-state index is 0. The monoisotopic (exact) mass is 231 g/mol. The van der Waals surface area contributed by atoms with Gasteiger partial charge in [0.25, 0.3) is 0 Å². The lowest BCUT2D eigenvalue weighted by molar-refractivity contribution is 0.218. The van der Waals surface area contributed by atoms with E-state index in [-0.39, 0.29) is 12.4 Å². The van der Waals surface area contributed by atoms with Gasteiger partial charge in [-0.05, 0) is 19.4 Å². The van der Waals surface area contributed by atoms with Crippen molar-refractivity contribution in [2.75, 3.05) is 19.7 Å². The van der Waals surface area contributed by atoms with Gasteiger partial charge >= 0.3 is 0 Å². The summed E-state index contributed by atoms with van der Waals surface area (Å²) >= 11 is 0. The molecule has 1 aromatic heterocycles. The Labute approximate surface area is 96.4 Å². The largest absolute Gasteiger partial charge is 0.490 e. The van der Waals surface area contributed by atoms with Crippen LogP contribution in [0.3, 0.4) is 0 Å². The second-order valence-electron chi connectivity index (χ2n) is 3.87. The molecule has 1 aliphatic heterocycles. The molecule has 0 amide bonds. The van der Waals surface area contributed by atoms with Crippen LogP contribution in [0.25, 0.3) is 0 Å². The van der Waals surface area contributed by atoms with Gasteiger partial charge in [-0.1, -0.05) is 0 Å². The van der Waals surface area contributed by atoms with E-state index in [1.165, 1.54) is 12.8 Å². The van der Waals surface area contributed by atoms with Crippen LogP contribution in [0.2, 0.25) is 0 Å². The first kappa shape index (κ1) is 12.3. The number of ether oxygens (including phenoxy) is 1. The molecule has 0 saturated carbocycles. The van der Waals surface area contributed by atoms with Crippen molar-refractivity contribution >= 4 is 12.4 Å². The molecule has 1 N–H and O–H groups in total. The van der Waals surface area contributed by atoms with Gasteiger partial charge in [0.1, 0.15) is 0 Å². The SMILES string of the molecule is Cl.Cn1cc(OCC2CCCNC2)cn1. The Hall–Kier alpha value is -0.740. The molecule has 0 bridgehead atoms. The summed E-state index contributed by atoms with van der Waals surface area (Å²) in [6.45, 7) is 3.04. The van der Waals surface area contributed by atoms with Crippen molar-refractivity contribution in [2.45, 2.75) is 12.8 Å². The van der Waals surface area contributed by atoms with Crippen molar-refractivity contribution in [3.05, 3.63) is 12.4 Å². The highest BCUT2D eigenvalue weighted by molar-refractivity contribution is 5.85. The highest BCUT2D eigenvalue weighted by Gasteiger charge is 2.13. The molecule has 1 aromatic rings. The number of hydrogen-bond acceptors (Lipinski definition) is 3. The van der Waals surface area contributed by atoms with E-state index < -0.39 is 0 Å². The molecule has 1 fully saturated rings. The van der Waals surface area contributed by atoms with Gasteiger partial charge in [-0.15, -0.1) is 12.4 Å². The minimum Gasteiger partial charge on any atom is -0.490 e. The van der Waals surface area contributed by atoms with Crippen LogP contribution in [0.5, 0.6) is 5.75 Å². The fraction of sp³-hybridized carbons (Fsp3) is 0.700. The van der Waals surface area contributed by atoms with E-state index in [0.717, 1.165) is 25.4 Å². The fourth-order valence-electron chi connectivity index (χ4n) is 1.75. The molecule has 1 atom stereocenters. The van der Waals surface area contributed by atoms with E-state index in [9.17, 15) is 0 Å². The zero-order valence-corrected chi connectivity index (χ0v) is 9.80. The fourth-order valence-corrected chi connectivity index (χ4v) is 1.75. The number of halogens is 1. The molecular weight excluding hydrogens is 214 g/mol. The number of piperidine rings is 1. The van der Waals surface area contributed by atoms with E-state index in [1.54, 1.807) is 10.9 Å². The summed E-state index contributed by atoms with van der Waals surface area (Å²) in [6, 6.07) is 0. The normalized spacial score (nSPS) is 20.7. The van der Waals surface area contributed by atoms with Crippen molar-refractivity contribution in [3.8, 4) is 5.75 Å². The molecule has 1 unspecified atom stereocenters. The van der Waals surface area contributed by atoms with Crippen LogP contribution in [-0.4, -0.2) is 29.5 Å². The molecule has 4 nitrogen and oxygen atoms in total. The molecule has 1 saturated heterocycles. The third-order valence-electron chi connectivity index (χ3n) is 2.57. The second kappa shape index (κ2) is 5.98. The summed E-state index contributed by atoms with van der Waals surface area (Å²) in [5, 5.41) is 7.43. The average molecular weight is 232 g/mol. The smallest absolute Gasteiger partial charge is 0.157 e. The Morgan fingerprint density at radius 1 is 1.67 bits per heavy atom. The Bertz CT molecular complexity index is 284. The van der Waals surface area contributed by atoms with E-state index in [1.807, 2.05) is 13.2 Å². The van der Waals surface area contributed by atoms with Gasteiger partial charge in [0.2, 0.25) is 0 Å². The molecular formula is C10H18ClN3O. The van der Waals surface area contributed by atoms with Gasteiger partial charge in [0.15, 0.2) is 5.75 Å². The number of aryl methyl sites for hydroxylation is 1. The van der Waals surface area contributed by atoms with Crippen LogP contribution in [-0.2, 0) is 7.05 Å².